The SMILES string of the molecule is C#CCC.c1ccc(-c2ccccc2)cc1. The molecule has 0 saturated heterocycles. The minimum absolute atomic E-state index is 0.847. The van der Waals surface area contributed by atoms with Crippen LogP contribution in [-0.4, -0.2) is 0 Å². The van der Waals surface area contributed by atoms with Crippen molar-refractivity contribution in [3.05, 3.63) is 60.7 Å². The molecule has 0 aliphatic rings. The van der Waals surface area contributed by atoms with Crippen molar-refractivity contribution in [1.82, 2.24) is 0 Å². The summed E-state index contributed by atoms with van der Waals surface area (Å²) in [6.45, 7) is 1.94. The maximum atomic E-state index is 4.78. The minimum Gasteiger partial charge on any atom is -0.120 e. The van der Waals surface area contributed by atoms with Gasteiger partial charge in [-0.3, -0.25) is 0 Å². The summed E-state index contributed by atoms with van der Waals surface area (Å²) in [6, 6.07) is 20.8. The van der Waals surface area contributed by atoms with E-state index in [-0.39, 0.29) is 0 Å². The zero-order valence-corrected chi connectivity index (χ0v) is 9.56. The van der Waals surface area contributed by atoms with E-state index in [1.165, 1.54) is 11.1 Å². The van der Waals surface area contributed by atoms with Crippen molar-refractivity contribution in [2.45, 2.75) is 13.3 Å². The third-order valence-corrected chi connectivity index (χ3v) is 2.09. The molecule has 0 amide bonds. The topological polar surface area (TPSA) is 0 Å². The smallest absolute Gasteiger partial charge is 0.00576 e. The van der Waals surface area contributed by atoms with E-state index in [9.17, 15) is 0 Å². The van der Waals surface area contributed by atoms with Gasteiger partial charge in [0.2, 0.25) is 0 Å². The second-order valence-electron chi connectivity index (χ2n) is 3.29. The summed E-state index contributed by atoms with van der Waals surface area (Å²) in [4.78, 5) is 0. The predicted octanol–water partition coefficient (Wildman–Crippen LogP) is 4.38. The van der Waals surface area contributed by atoms with Gasteiger partial charge in [-0.05, 0) is 11.1 Å². The number of terminal acetylenes is 1. The molecular weight excluding hydrogens is 192 g/mol. The fourth-order valence-corrected chi connectivity index (χ4v) is 1.26. The van der Waals surface area contributed by atoms with Gasteiger partial charge in [0.25, 0.3) is 0 Å². The van der Waals surface area contributed by atoms with Crippen LogP contribution in [0.25, 0.3) is 11.1 Å². The Kier molecular flexibility index (Phi) is 5.52. The molecule has 0 atom stereocenters. The van der Waals surface area contributed by atoms with Crippen LogP contribution in [-0.2, 0) is 0 Å². The molecule has 0 fully saturated rings. The van der Waals surface area contributed by atoms with Gasteiger partial charge in [0, 0.05) is 6.42 Å². The van der Waals surface area contributed by atoms with E-state index < -0.39 is 0 Å². The van der Waals surface area contributed by atoms with Crippen LogP contribution in [0.15, 0.2) is 60.7 Å². The predicted molar refractivity (Wildman–Crippen MR) is 71.0 cm³/mol. The molecule has 2 aromatic rings. The lowest BCUT2D eigenvalue weighted by molar-refractivity contribution is 1.28. The zero-order valence-electron chi connectivity index (χ0n) is 9.56. The summed E-state index contributed by atoms with van der Waals surface area (Å²) in [7, 11) is 0. The van der Waals surface area contributed by atoms with Gasteiger partial charge in [-0.2, -0.15) is 0 Å². The summed E-state index contributed by atoms with van der Waals surface area (Å²) in [6.07, 6.45) is 5.62. The van der Waals surface area contributed by atoms with Crippen LogP contribution in [0.5, 0.6) is 0 Å². The highest BCUT2D eigenvalue weighted by atomic mass is 14.0. The van der Waals surface area contributed by atoms with E-state index in [2.05, 4.69) is 54.5 Å². The Morgan fingerprint density at radius 1 is 0.812 bits per heavy atom. The van der Waals surface area contributed by atoms with E-state index in [1.807, 2.05) is 19.1 Å². The van der Waals surface area contributed by atoms with Crippen LogP contribution in [0.2, 0.25) is 0 Å². The molecule has 0 unspecified atom stereocenters. The van der Waals surface area contributed by atoms with Crippen molar-refractivity contribution in [3.63, 3.8) is 0 Å². The van der Waals surface area contributed by atoms with Crippen LogP contribution in [0.1, 0.15) is 13.3 Å². The molecule has 0 saturated carbocycles. The van der Waals surface area contributed by atoms with Crippen LogP contribution < -0.4 is 0 Å². The average Bonchev–Trinajstić information content (AvgIpc) is 2.41. The maximum Gasteiger partial charge on any atom is 0.00576 e. The molecule has 2 aromatic carbocycles. The Morgan fingerprint density at radius 2 is 1.12 bits per heavy atom. The van der Waals surface area contributed by atoms with E-state index in [1.54, 1.807) is 0 Å². The number of rotatable bonds is 1. The van der Waals surface area contributed by atoms with Gasteiger partial charge in [0.1, 0.15) is 0 Å². The molecule has 0 nitrogen and oxygen atoms in total. The normalized spacial score (nSPS) is 8.50. The molecule has 80 valence electrons. The molecule has 0 aromatic heterocycles. The number of hydrogen-bond acceptors (Lipinski definition) is 0. The first-order valence-electron chi connectivity index (χ1n) is 5.42. The molecule has 0 bridgehead atoms. The van der Waals surface area contributed by atoms with Gasteiger partial charge in [0.05, 0.1) is 0 Å². The lowest BCUT2D eigenvalue weighted by Crippen LogP contribution is -1.73. The number of benzene rings is 2. The van der Waals surface area contributed by atoms with E-state index >= 15 is 0 Å². The lowest BCUT2D eigenvalue weighted by Gasteiger charge is -1.98. The van der Waals surface area contributed by atoms with Gasteiger partial charge < -0.3 is 0 Å². The molecule has 0 aliphatic heterocycles. The van der Waals surface area contributed by atoms with Crippen molar-refractivity contribution >= 4 is 0 Å². The summed E-state index contributed by atoms with van der Waals surface area (Å²) in [5.41, 5.74) is 2.55. The fraction of sp³-hybridized carbons (Fsp3) is 0.125. The summed E-state index contributed by atoms with van der Waals surface area (Å²) >= 11 is 0. The third-order valence-electron chi connectivity index (χ3n) is 2.09. The fourth-order valence-electron chi connectivity index (χ4n) is 1.26. The molecule has 0 heterocycles. The number of hydrogen-bond donors (Lipinski definition) is 0. The third kappa shape index (κ3) is 4.02. The molecule has 0 radical (unpaired) electrons. The van der Waals surface area contributed by atoms with Crippen LogP contribution in [0.4, 0.5) is 0 Å². The quantitative estimate of drug-likeness (QED) is 0.610. The molecule has 0 spiro atoms. The standard InChI is InChI=1S/C12H10.C4H6/c1-3-7-11(8-4-1)12-9-5-2-6-10-12;1-3-4-2/h1-10H;1H,4H2,2H3. The first-order valence-corrected chi connectivity index (χ1v) is 5.42. The summed E-state index contributed by atoms with van der Waals surface area (Å²) < 4.78 is 0. The first-order chi connectivity index (χ1) is 7.88. The highest BCUT2D eigenvalue weighted by Gasteiger charge is 1.91. The summed E-state index contributed by atoms with van der Waals surface area (Å²) in [5.74, 6) is 2.43. The Morgan fingerprint density at radius 3 is 1.38 bits per heavy atom. The molecule has 16 heavy (non-hydrogen) atoms. The van der Waals surface area contributed by atoms with Crippen molar-refractivity contribution in [1.29, 1.82) is 0 Å². The second-order valence-corrected chi connectivity index (χ2v) is 3.29. The van der Waals surface area contributed by atoms with Gasteiger partial charge in [-0.15, -0.1) is 12.3 Å². The van der Waals surface area contributed by atoms with Crippen molar-refractivity contribution < 1.29 is 0 Å². The van der Waals surface area contributed by atoms with Crippen LogP contribution >= 0.6 is 0 Å². The van der Waals surface area contributed by atoms with Crippen LogP contribution in [0, 0.1) is 12.3 Å². The zero-order chi connectivity index (χ0) is 11.6. The van der Waals surface area contributed by atoms with Crippen molar-refractivity contribution in [2.75, 3.05) is 0 Å². The van der Waals surface area contributed by atoms with Gasteiger partial charge >= 0.3 is 0 Å². The van der Waals surface area contributed by atoms with E-state index in [0.717, 1.165) is 6.42 Å². The average molecular weight is 208 g/mol. The highest BCUT2D eigenvalue weighted by molar-refractivity contribution is 5.62. The Balaban J connectivity index is 0.000000280. The molecule has 0 heteroatoms. The largest absolute Gasteiger partial charge is 0.120 e. The molecular formula is C16H16. The monoisotopic (exact) mass is 208 g/mol. The van der Waals surface area contributed by atoms with Gasteiger partial charge in [-0.1, -0.05) is 67.6 Å². The van der Waals surface area contributed by atoms with Crippen molar-refractivity contribution in [2.24, 2.45) is 0 Å². The highest BCUT2D eigenvalue weighted by Crippen LogP contribution is 2.17. The van der Waals surface area contributed by atoms with Gasteiger partial charge in [-0.25, -0.2) is 0 Å². The Bertz CT molecular complexity index is 383. The maximum absolute atomic E-state index is 4.78. The first kappa shape index (κ1) is 12.1. The van der Waals surface area contributed by atoms with Gasteiger partial charge in [0.15, 0.2) is 0 Å². The van der Waals surface area contributed by atoms with Crippen molar-refractivity contribution in [3.8, 4) is 23.5 Å². The molecule has 0 N–H and O–H groups in total. The Hall–Kier alpha value is -2.00. The van der Waals surface area contributed by atoms with E-state index in [0.29, 0.717) is 0 Å². The Labute approximate surface area is 98.0 Å². The minimum atomic E-state index is 0.847. The molecule has 0 aliphatic carbocycles. The second kappa shape index (κ2) is 7.31. The van der Waals surface area contributed by atoms with Crippen LogP contribution in [0.3, 0.4) is 0 Å². The lowest BCUT2D eigenvalue weighted by atomic mass is 10.1. The van der Waals surface area contributed by atoms with E-state index in [4.69, 9.17) is 6.42 Å². The summed E-state index contributed by atoms with van der Waals surface area (Å²) in [5, 5.41) is 0. The molecule has 2 rings (SSSR count).